The zero-order chi connectivity index (χ0) is 9.56. The van der Waals surface area contributed by atoms with Crippen LogP contribution in [0, 0.1) is 0 Å². The first-order chi connectivity index (χ1) is 5.54. The number of aliphatic hydroxyl groups excluding tert-OH is 1. The Bertz CT molecular complexity index is 137. The smallest absolute Gasteiger partial charge is 0.320 e. The van der Waals surface area contributed by atoms with Crippen molar-refractivity contribution in [2.75, 3.05) is 0 Å². The molecule has 0 amide bonds. The Labute approximate surface area is 70.8 Å². The van der Waals surface area contributed by atoms with Crippen LogP contribution < -0.4 is 5.73 Å². The van der Waals surface area contributed by atoms with Gasteiger partial charge in [0, 0.05) is 0 Å². The number of carboxylic acids is 1. The van der Waals surface area contributed by atoms with Crippen molar-refractivity contribution in [3.8, 4) is 0 Å². The summed E-state index contributed by atoms with van der Waals surface area (Å²) in [4.78, 5) is 10.2. The van der Waals surface area contributed by atoms with E-state index < -0.39 is 18.3 Å². The molecular formula is C7H15NO4. The van der Waals surface area contributed by atoms with E-state index >= 15 is 0 Å². The maximum Gasteiger partial charge on any atom is 0.320 e. The average molecular weight is 177 g/mol. The van der Waals surface area contributed by atoms with Crippen molar-refractivity contribution in [1.82, 2.24) is 0 Å². The van der Waals surface area contributed by atoms with Crippen molar-refractivity contribution >= 4 is 5.97 Å². The molecule has 1 atom stereocenters. The van der Waals surface area contributed by atoms with Crippen LogP contribution in [0.25, 0.3) is 0 Å². The number of aliphatic carboxylic acids is 1. The lowest BCUT2D eigenvalue weighted by Gasteiger charge is -2.06. The van der Waals surface area contributed by atoms with E-state index in [1.165, 1.54) is 0 Å². The first-order valence-corrected chi connectivity index (χ1v) is 3.88. The predicted molar refractivity (Wildman–Crippen MR) is 42.3 cm³/mol. The van der Waals surface area contributed by atoms with E-state index in [9.17, 15) is 4.79 Å². The maximum atomic E-state index is 10.2. The molecule has 0 rings (SSSR count). The quantitative estimate of drug-likeness (QED) is 0.316. The van der Waals surface area contributed by atoms with Crippen molar-refractivity contribution in [3.63, 3.8) is 0 Å². The van der Waals surface area contributed by atoms with Crippen LogP contribution in [0.1, 0.15) is 25.7 Å². The van der Waals surface area contributed by atoms with Gasteiger partial charge in [-0.1, -0.05) is 6.42 Å². The van der Waals surface area contributed by atoms with Crippen LogP contribution in [0.3, 0.4) is 0 Å². The van der Waals surface area contributed by atoms with E-state index in [0.717, 1.165) is 0 Å². The van der Waals surface area contributed by atoms with Crippen molar-refractivity contribution in [2.45, 2.75) is 38.0 Å². The number of hydrogen-bond acceptors (Lipinski definition) is 4. The summed E-state index contributed by atoms with van der Waals surface area (Å²) in [5.41, 5.74) is 5.21. The van der Waals surface area contributed by atoms with Gasteiger partial charge in [0.05, 0.1) is 0 Å². The van der Waals surface area contributed by atoms with Gasteiger partial charge < -0.3 is 21.1 Å². The summed E-state index contributed by atoms with van der Waals surface area (Å²) in [5.74, 6) is -1.01. The van der Waals surface area contributed by atoms with Gasteiger partial charge in [-0.05, 0) is 19.3 Å². The molecule has 72 valence electrons. The molecule has 0 aromatic rings. The fourth-order valence-corrected chi connectivity index (χ4v) is 0.815. The number of carbonyl (C=O) groups is 1. The summed E-state index contributed by atoms with van der Waals surface area (Å²) in [5, 5.41) is 25.2. The Morgan fingerprint density at radius 1 is 1.25 bits per heavy atom. The minimum Gasteiger partial charge on any atom is -0.480 e. The summed E-state index contributed by atoms with van der Waals surface area (Å²) in [7, 11) is 0. The first kappa shape index (κ1) is 11.4. The van der Waals surface area contributed by atoms with Gasteiger partial charge in [-0.15, -0.1) is 0 Å². The molecule has 0 saturated carbocycles. The topological polar surface area (TPSA) is 104 Å². The van der Waals surface area contributed by atoms with E-state index in [0.29, 0.717) is 19.3 Å². The molecule has 0 aromatic carbocycles. The molecule has 0 unspecified atom stereocenters. The molecule has 0 heterocycles. The summed E-state index contributed by atoms with van der Waals surface area (Å²) in [6.45, 7) is 0. The minimum absolute atomic E-state index is 0.270. The van der Waals surface area contributed by atoms with Gasteiger partial charge in [-0.3, -0.25) is 4.79 Å². The monoisotopic (exact) mass is 177 g/mol. The van der Waals surface area contributed by atoms with E-state index in [1.807, 2.05) is 0 Å². The first-order valence-electron chi connectivity index (χ1n) is 3.88. The second-order valence-electron chi connectivity index (χ2n) is 2.71. The standard InChI is InChI=1S/C7H15NO4/c8-5(7(11)12)3-1-2-4-6(9)10/h5-6,9-10H,1-4,8H2,(H,11,12)/t5-/m0/s1. The maximum absolute atomic E-state index is 10.2. The number of hydrogen-bond donors (Lipinski definition) is 4. The molecule has 5 heteroatoms. The molecule has 0 aliphatic heterocycles. The molecule has 0 saturated heterocycles. The molecule has 0 fully saturated rings. The SMILES string of the molecule is N[C@@H](CCCCC(O)O)C(=O)O. The molecule has 0 aliphatic carbocycles. The highest BCUT2D eigenvalue weighted by atomic mass is 16.5. The van der Waals surface area contributed by atoms with Crippen molar-refractivity contribution in [1.29, 1.82) is 0 Å². The van der Waals surface area contributed by atoms with Gasteiger partial charge in [0.15, 0.2) is 6.29 Å². The molecule has 0 spiro atoms. The summed E-state index contributed by atoms with van der Waals surface area (Å²) < 4.78 is 0. The van der Waals surface area contributed by atoms with Gasteiger partial charge in [-0.25, -0.2) is 0 Å². The van der Waals surface area contributed by atoms with Crippen LogP contribution in [0.5, 0.6) is 0 Å². The van der Waals surface area contributed by atoms with Crippen LogP contribution in [0.2, 0.25) is 0 Å². The molecule has 0 aliphatic rings. The second kappa shape index (κ2) is 5.93. The normalized spacial score (nSPS) is 13.3. The third kappa shape index (κ3) is 6.09. The molecule has 5 N–H and O–H groups in total. The van der Waals surface area contributed by atoms with Crippen molar-refractivity contribution in [2.24, 2.45) is 5.73 Å². The van der Waals surface area contributed by atoms with Crippen molar-refractivity contribution < 1.29 is 20.1 Å². The molecule has 12 heavy (non-hydrogen) atoms. The predicted octanol–water partition coefficient (Wildman–Crippen LogP) is -0.731. The van der Waals surface area contributed by atoms with Gasteiger partial charge >= 0.3 is 5.97 Å². The molecule has 0 radical (unpaired) electrons. The third-order valence-electron chi connectivity index (χ3n) is 1.54. The van der Waals surface area contributed by atoms with E-state index in [4.69, 9.17) is 21.1 Å². The Hall–Kier alpha value is -0.650. The summed E-state index contributed by atoms with van der Waals surface area (Å²) in [6.07, 6.45) is 0.532. The summed E-state index contributed by atoms with van der Waals surface area (Å²) in [6, 6.07) is -0.833. The highest BCUT2D eigenvalue weighted by Crippen LogP contribution is 2.03. The van der Waals surface area contributed by atoms with E-state index in [1.54, 1.807) is 0 Å². The number of aliphatic hydroxyl groups is 2. The zero-order valence-corrected chi connectivity index (χ0v) is 6.81. The highest BCUT2D eigenvalue weighted by Gasteiger charge is 2.10. The van der Waals surface area contributed by atoms with Crippen LogP contribution in [0.4, 0.5) is 0 Å². The van der Waals surface area contributed by atoms with Crippen molar-refractivity contribution in [3.05, 3.63) is 0 Å². The van der Waals surface area contributed by atoms with Gasteiger partial charge in [0.25, 0.3) is 0 Å². The lowest BCUT2D eigenvalue weighted by Crippen LogP contribution is -2.29. The lowest BCUT2D eigenvalue weighted by molar-refractivity contribution is -0.138. The van der Waals surface area contributed by atoms with Gasteiger partial charge in [0.1, 0.15) is 6.04 Å². The minimum atomic E-state index is -1.30. The van der Waals surface area contributed by atoms with Crippen LogP contribution in [-0.4, -0.2) is 33.6 Å². The largest absolute Gasteiger partial charge is 0.480 e. The molecular weight excluding hydrogens is 162 g/mol. The highest BCUT2D eigenvalue weighted by molar-refractivity contribution is 5.72. The Morgan fingerprint density at radius 2 is 1.75 bits per heavy atom. The molecule has 5 nitrogen and oxygen atoms in total. The Balaban J connectivity index is 3.25. The fourth-order valence-electron chi connectivity index (χ4n) is 0.815. The Kier molecular flexibility index (Phi) is 5.61. The zero-order valence-electron chi connectivity index (χ0n) is 6.81. The number of carboxylic acid groups (broad SMARTS) is 1. The number of unbranched alkanes of at least 4 members (excludes halogenated alkanes) is 1. The van der Waals surface area contributed by atoms with Crippen LogP contribution >= 0.6 is 0 Å². The fraction of sp³-hybridized carbons (Fsp3) is 0.857. The summed E-state index contributed by atoms with van der Waals surface area (Å²) >= 11 is 0. The number of nitrogens with two attached hydrogens (primary N) is 1. The molecule has 0 aromatic heterocycles. The van der Waals surface area contributed by atoms with E-state index in [2.05, 4.69) is 0 Å². The van der Waals surface area contributed by atoms with Crippen LogP contribution in [0.15, 0.2) is 0 Å². The molecule has 0 bridgehead atoms. The second-order valence-corrected chi connectivity index (χ2v) is 2.71. The van der Waals surface area contributed by atoms with Crippen LogP contribution in [-0.2, 0) is 4.79 Å². The van der Waals surface area contributed by atoms with Gasteiger partial charge in [0.2, 0.25) is 0 Å². The third-order valence-corrected chi connectivity index (χ3v) is 1.54. The Morgan fingerprint density at radius 3 is 2.17 bits per heavy atom. The van der Waals surface area contributed by atoms with E-state index in [-0.39, 0.29) is 6.42 Å². The van der Waals surface area contributed by atoms with Gasteiger partial charge in [-0.2, -0.15) is 0 Å². The average Bonchev–Trinajstić information content (AvgIpc) is 1.97. The lowest BCUT2D eigenvalue weighted by atomic mass is 10.1. The number of rotatable bonds is 6.